The van der Waals surface area contributed by atoms with Crippen LogP contribution in [0.25, 0.3) is 0 Å². The zero-order chi connectivity index (χ0) is 21.9. The Balaban J connectivity index is 1.24. The molecule has 2 fully saturated rings. The van der Waals surface area contributed by atoms with Gasteiger partial charge in [-0.2, -0.15) is 5.10 Å². The number of carbonyl (C=O) groups is 2. The molecule has 3 aliphatic rings. The molecular formula is C25H33N5O2. The van der Waals surface area contributed by atoms with Gasteiger partial charge in [0.1, 0.15) is 5.69 Å². The average molecular weight is 436 g/mol. The van der Waals surface area contributed by atoms with Gasteiger partial charge in [-0.15, -0.1) is 0 Å². The fourth-order valence-corrected chi connectivity index (χ4v) is 5.39. The van der Waals surface area contributed by atoms with Crippen molar-refractivity contribution < 1.29 is 9.59 Å². The molecule has 0 radical (unpaired) electrons. The van der Waals surface area contributed by atoms with E-state index in [0.29, 0.717) is 37.1 Å². The number of nitrogens with zero attached hydrogens (tertiary/aromatic N) is 5. The van der Waals surface area contributed by atoms with E-state index in [9.17, 15) is 9.59 Å². The summed E-state index contributed by atoms with van der Waals surface area (Å²) in [6.07, 6.45) is 7.45. The number of piperazine rings is 1. The van der Waals surface area contributed by atoms with Crippen LogP contribution >= 0.6 is 0 Å². The minimum atomic E-state index is -0.0451. The molecule has 170 valence electrons. The van der Waals surface area contributed by atoms with Crippen molar-refractivity contribution in [3.05, 3.63) is 53.3 Å². The number of amides is 2. The second-order valence-electron chi connectivity index (χ2n) is 9.32. The summed E-state index contributed by atoms with van der Waals surface area (Å²) in [6.45, 7) is 5.30. The third-order valence-corrected chi connectivity index (χ3v) is 7.21. The lowest BCUT2D eigenvalue weighted by Crippen LogP contribution is -2.52. The highest BCUT2D eigenvalue weighted by molar-refractivity contribution is 5.98. The fraction of sp³-hybridized carbons (Fsp3) is 0.560. The SMILES string of the molecule is O=C(c1cc2n(n1)CCCN(Cc1ccccc1)C2=O)N1CCN(C2CCCCC2)CC1. The van der Waals surface area contributed by atoms with Crippen LogP contribution in [0.1, 0.15) is 65.1 Å². The lowest BCUT2D eigenvalue weighted by Gasteiger charge is -2.40. The molecule has 0 atom stereocenters. The zero-order valence-corrected chi connectivity index (χ0v) is 18.8. The molecular weight excluding hydrogens is 402 g/mol. The molecule has 3 heterocycles. The topological polar surface area (TPSA) is 61.7 Å². The second-order valence-corrected chi connectivity index (χ2v) is 9.32. The Morgan fingerprint density at radius 1 is 0.906 bits per heavy atom. The third-order valence-electron chi connectivity index (χ3n) is 7.21. The molecule has 7 nitrogen and oxygen atoms in total. The number of hydrogen-bond donors (Lipinski definition) is 0. The molecule has 7 heteroatoms. The van der Waals surface area contributed by atoms with Crippen molar-refractivity contribution in [3.8, 4) is 0 Å². The fourth-order valence-electron chi connectivity index (χ4n) is 5.39. The normalized spacial score (nSPS) is 20.8. The van der Waals surface area contributed by atoms with E-state index in [4.69, 9.17) is 0 Å². The van der Waals surface area contributed by atoms with Gasteiger partial charge in [0.15, 0.2) is 5.69 Å². The molecule has 1 saturated carbocycles. The molecule has 1 aromatic carbocycles. The number of rotatable bonds is 4. The molecule has 1 aromatic heterocycles. The van der Waals surface area contributed by atoms with Crippen molar-refractivity contribution in [2.24, 2.45) is 0 Å². The highest BCUT2D eigenvalue weighted by atomic mass is 16.2. The summed E-state index contributed by atoms with van der Waals surface area (Å²) in [5, 5.41) is 4.55. The maximum atomic E-state index is 13.2. The summed E-state index contributed by atoms with van der Waals surface area (Å²) in [7, 11) is 0. The number of carbonyl (C=O) groups excluding carboxylic acids is 2. The van der Waals surface area contributed by atoms with E-state index in [1.165, 1.54) is 32.1 Å². The summed E-state index contributed by atoms with van der Waals surface area (Å²) >= 11 is 0. The third kappa shape index (κ3) is 4.44. The van der Waals surface area contributed by atoms with Crippen LogP contribution in [0.3, 0.4) is 0 Å². The van der Waals surface area contributed by atoms with Crippen molar-refractivity contribution in [1.82, 2.24) is 24.5 Å². The second kappa shape index (κ2) is 9.45. The lowest BCUT2D eigenvalue weighted by molar-refractivity contribution is 0.0517. The Labute approximate surface area is 190 Å². The van der Waals surface area contributed by atoms with E-state index < -0.39 is 0 Å². The van der Waals surface area contributed by atoms with Crippen LogP contribution < -0.4 is 0 Å². The Bertz CT molecular complexity index is 942. The molecule has 32 heavy (non-hydrogen) atoms. The van der Waals surface area contributed by atoms with Crippen LogP contribution in [0.4, 0.5) is 0 Å². The number of aryl methyl sites for hydroxylation is 1. The van der Waals surface area contributed by atoms with Gasteiger partial charge in [0, 0.05) is 57.9 Å². The van der Waals surface area contributed by atoms with Crippen LogP contribution in [0.5, 0.6) is 0 Å². The first-order chi connectivity index (χ1) is 15.7. The number of hydrogen-bond acceptors (Lipinski definition) is 4. The molecule has 2 aromatic rings. The molecule has 2 aliphatic heterocycles. The number of benzene rings is 1. The minimum absolute atomic E-state index is 0.0416. The Morgan fingerprint density at radius 2 is 1.66 bits per heavy atom. The monoisotopic (exact) mass is 435 g/mol. The average Bonchev–Trinajstić information content (AvgIpc) is 3.22. The predicted molar refractivity (Wildman–Crippen MR) is 122 cm³/mol. The summed E-state index contributed by atoms with van der Waals surface area (Å²) in [6, 6.07) is 12.4. The Morgan fingerprint density at radius 3 is 2.41 bits per heavy atom. The summed E-state index contributed by atoms with van der Waals surface area (Å²) in [5.74, 6) is -0.0868. The van der Waals surface area contributed by atoms with Gasteiger partial charge in [-0.1, -0.05) is 49.6 Å². The molecule has 1 aliphatic carbocycles. The standard InChI is InChI=1S/C25H33N5O2/c31-24(28-16-14-27(15-17-28)21-10-5-2-6-11-21)22-18-23-25(32)29(12-7-13-30(23)26-22)19-20-8-3-1-4-9-20/h1,3-4,8-9,18,21H,2,5-7,10-17,19H2. The van der Waals surface area contributed by atoms with Gasteiger partial charge in [-0.3, -0.25) is 19.2 Å². The van der Waals surface area contributed by atoms with Crippen LogP contribution in [0.2, 0.25) is 0 Å². The quantitative estimate of drug-likeness (QED) is 0.741. The maximum absolute atomic E-state index is 13.2. The van der Waals surface area contributed by atoms with Gasteiger partial charge in [0.25, 0.3) is 11.8 Å². The predicted octanol–water partition coefficient (Wildman–Crippen LogP) is 3.02. The van der Waals surface area contributed by atoms with Crippen LogP contribution in [0, 0.1) is 0 Å². The molecule has 1 saturated heterocycles. The van der Waals surface area contributed by atoms with Crippen molar-refractivity contribution >= 4 is 11.8 Å². The van der Waals surface area contributed by atoms with Crippen molar-refractivity contribution in [2.45, 2.75) is 57.7 Å². The van der Waals surface area contributed by atoms with Gasteiger partial charge in [-0.25, -0.2) is 0 Å². The van der Waals surface area contributed by atoms with Crippen molar-refractivity contribution in [1.29, 1.82) is 0 Å². The van der Waals surface area contributed by atoms with E-state index in [2.05, 4.69) is 10.00 Å². The molecule has 0 unspecified atom stereocenters. The first-order valence-electron chi connectivity index (χ1n) is 12.1. The van der Waals surface area contributed by atoms with E-state index in [0.717, 1.165) is 38.2 Å². The Kier molecular flexibility index (Phi) is 6.26. The molecule has 5 rings (SSSR count). The van der Waals surface area contributed by atoms with E-state index >= 15 is 0 Å². The number of aromatic nitrogens is 2. The first kappa shape index (κ1) is 21.2. The first-order valence-corrected chi connectivity index (χ1v) is 12.1. The Hall–Kier alpha value is -2.67. The molecule has 0 bridgehead atoms. The van der Waals surface area contributed by atoms with Crippen molar-refractivity contribution in [3.63, 3.8) is 0 Å². The van der Waals surface area contributed by atoms with Gasteiger partial charge in [-0.05, 0) is 24.8 Å². The van der Waals surface area contributed by atoms with E-state index in [1.807, 2.05) is 40.1 Å². The highest BCUT2D eigenvalue weighted by Gasteiger charge is 2.31. The summed E-state index contributed by atoms with van der Waals surface area (Å²) in [4.78, 5) is 32.7. The van der Waals surface area contributed by atoms with Crippen LogP contribution in [-0.4, -0.2) is 75.1 Å². The lowest BCUT2D eigenvalue weighted by atomic mass is 9.94. The highest BCUT2D eigenvalue weighted by Crippen LogP contribution is 2.24. The van der Waals surface area contributed by atoms with Gasteiger partial charge in [0.05, 0.1) is 0 Å². The number of fused-ring (bicyclic) bond motifs is 1. The van der Waals surface area contributed by atoms with Gasteiger partial charge >= 0.3 is 0 Å². The van der Waals surface area contributed by atoms with Crippen LogP contribution in [-0.2, 0) is 13.1 Å². The minimum Gasteiger partial charge on any atom is -0.335 e. The smallest absolute Gasteiger partial charge is 0.274 e. The molecule has 0 N–H and O–H groups in total. The van der Waals surface area contributed by atoms with Gasteiger partial charge in [0.2, 0.25) is 0 Å². The van der Waals surface area contributed by atoms with Crippen LogP contribution in [0.15, 0.2) is 36.4 Å². The molecule has 2 amide bonds. The molecule has 0 spiro atoms. The van der Waals surface area contributed by atoms with E-state index in [1.54, 1.807) is 10.7 Å². The van der Waals surface area contributed by atoms with E-state index in [-0.39, 0.29) is 11.8 Å². The summed E-state index contributed by atoms with van der Waals surface area (Å²) in [5.41, 5.74) is 2.05. The largest absolute Gasteiger partial charge is 0.335 e. The zero-order valence-electron chi connectivity index (χ0n) is 18.8. The van der Waals surface area contributed by atoms with Gasteiger partial charge < -0.3 is 9.80 Å². The summed E-state index contributed by atoms with van der Waals surface area (Å²) < 4.78 is 1.73. The maximum Gasteiger partial charge on any atom is 0.274 e. The van der Waals surface area contributed by atoms with Crippen molar-refractivity contribution in [2.75, 3.05) is 32.7 Å².